The Bertz CT molecular complexity index is 1780. The zero-order chi connectivity index (χ0) is 60.5. The quantitative estimate of drug-likeness (QED) is 0.0195. The summed E-state index contributed by atoms with van der Waals surface area (Å²) in [5.41, 5.74) is 0. The number of nitrogens with zero attached hydrogens (tertiary/aromatic N) is 1. The van der Waals surface area contributed by atoms with Crippen LogP contribution in [0.4, 0.5) is 0 Å². The summed E-state index contributed by atoms with van der Waals surface area (Å²) in [6.07, 6.45) is 86.9. The Morgan fingerprint density at radius 2 is 0.687 bits per heavy atom. The number of carbonyl (C=O) groups excluding carboxylic acids is 3. The fourth-order valence-electron chi connectivity index (χ4n) is 9.05. The van der Waals surface area contributed by atoms with Crippen LogP contribution in [0.5, 0.6) is 0 Å². The number of carboxylic acid groups (broad SMARTS) is 1. The highest BCUT2D eigenvalue weighted by Crippen LogP contribution is 2.16. The summed E-state index contributed by atoms with van der Waals surface area (Å²) in [6, 6.07) is 0. The molecule has 0 spiro atoms. The molecule has 0 aromatic rings. The first-order valence-electron chi connectivity index (χ1n) is 33.7. The average Bonchev–Trinajstić information content (AvgIpc) is 3.46. The summed E-state index contributed by atoms with van der Waals surface area (Å²) >= 11 is 0. The van der Waals surface area contributed by atoms with Gasteiger partial charge in [0, 0.05) is 12.8 Å². The van der Waals surface area contributed by atoms with E-state index in [4.69, 9.17) is 18.9 Å². The number of ether oxygens (including phenoxy) is 4. The van der Waals surface area contributed by atoms with Crippen LogP contribution in [0.15, 0.2) is 122 Å². The third-order valence-corrected chi connectivity index (χ3v) is 14.2. The summed E-state index contributed by atoms with van der Waals surface area (Å²) in [5, 5.41) is 11.8. The number of aliphatic carboxylic acids is 1. The van der Waals surface area contributed by atoms with E-state index in [1.807, 2.05) is 21.1 Å². The van der Waals surface area contributed by atoms with Crippen LogP contribution in [0.2, 0.25) is 0 Å². The molecular formula is C74H125NO8. The van der Waals surface area contributed by atoms with E-state index < -0.39 is 24.3 Å². The fourth-order valence-corrected chi connectivity index (χ4v) is 9.05. The lowest BCUT2D eigenvalue weighted by atomic mass is 10.1. The summed E-state index contributed by atoms with van der Waals surface area (Å²) in [7, 11) is 5.92. The highest BCUT2D eigenvalue weighted by molar-refractivity contribution is 5.70. The minimum atomic E-state index is -1.63. The maximum atomic E-state index is 12.9. The highest BCUT2D eigenvalue weighted by atomic mass is 16.7. The van der Waals surface area contributed by atoms with Gasteiger partial charge in [-0.25, -0.2) is 0 Å². The molecule has 2 atom stereocenters. The van der Waals surface area contributed by atoms with Gasteiger partial charge in [-0.3, -0.25) is 9.59 Å². The van der Waals surface area contributed by atoms with Crippen molar-refractivity contribution in [2.24, 2.45) is 0 Å². The molecule has 0 aliphatic rings. The van der Waals surface area contributed by atoms with Crippen molar-refractivity contribution in [1.82, 2.24) is 0 Å². The van der Waals surface area contributed by atoms with Gasteiger partial charge in [0.25, 0.3) is 0 Å². The predicted octanol–water partition coefficient (Wildman–Crippen LogP) is 19.5. The molecular weight excluding hydrogens is 1030 g/mol. The first-order valence-corrected chi connectivity index (χ1v) is 33.7. The lowest BCUT2D eigenvalue weighted by molar-refractivity contribution is -0.870. The van der Waals surface area contributed by atoms with Gasteiger partial charge in [0.1, 0.15) is 13.2 Å². The molecule has 0 aromatic heterocycles. The lowest BCUT2D eigenvalue weighted by Gasteiger charge is -2.26. The van der Waals surface area contributed by atoms with Crippen LogP contribution >= 0.6 is 0 Å². The number of likely N-dealkylation sites (N-methyl/N-ethyl adjacent to an activating group) is 1. The summed E-state index contributed by atoms with van der Waals surface area (Å²) < 4.78 is 22.8. The lowest BCUT2D eigenvalue weighted by Crippen LogP contribution is -2.44. The molecule has 0 radical (unpaired) electrons. The number of rotatable bonds is 61. The average molecular weight is 1160 g/mol. The van der Waals surface area contributed by atoms with Crippen molar-refractivity contribution in [3.63, 3.8) is 0 Å². The second kappa shape index (κ2) is 63.7. The van der Waals surface area contributed by atoms with E-state index in [-0.39, 0.29) is 38.6 Å². The molecule has 9 heteroatoms. The van der Waals surface area contributed by atoms with E-state index in [9.17, 15) is 19.5 Å². The van der Waals surface area contributed by atoms with Gasteiger partial charge in [-0.15, -0.1) is 0 Å². The van der Waals surface area contributed by atoms with Crippen LogP contribution in [0.25, 0.3) is 0 Å². The van der Waals surface area contributed by atoms with Crippen molar-refractivity contribution >= 4 is 17.9 Å². The first kappa shape index (κ1) is 78.7. The Kier molecular flexibility index (Phi) is 60.4. The number of allylic oxidation sites excluding steroid dienone is 20. The molecule has 0 fully saturated rings. The summed E-state index contributed by atoms with van der Waals surface area (Å²) in [4.78, 5) is 37.4. The number of carbonyl (C=O) groups is 3. The molecule has 0 heterocycles. The van der Waals surface area contributed by atoms with Crippen LogP contribution in [0.3, 0.4) is 0 Å². The highest BCUT2D eigenvalue weighted by Gasteiger charge is 2.22. The Labute approximate surface area is 510 Å². The smallest absolute Gasteiger partial charge is 0.306 e. The zero-order valence-corrected chi connectivity index (χ0v) is 54.0. The molecule has 0 N–H and O–H groups in total. The van der Waals surface area contributed by atoms with Gasteiger partial charge < -0.3 is 33.3 Å². The van der Waals surface area contributed by atoms with Gasteiger partial charge in [0.05, 0.1) is 40.3 Å². The van der Waals surface area contributed by atoms with Gasteiger partial charge in [0.2, 0.25) is 0 Å². The van der Waals surface area contributed by atoms with E-state index in [1.54, 1.807) is 0 Å². The van der Waals surface area contributed by atoms with Gasteiger partial charge in [-0.1, -0.05) is 270 Å². The van der Waals surface area contributed by atoms with E-state index in [0.29, 0.717) is 17.4 Å². The Hall–Kier alpha value is -4.31. The second-order valence-corrected chi connectivity index (χ2v) is 23.4. The third-order valence-electron chi connectivity index (χ3n) is 14.2. The van der Waals surface area contributed by atoms with Crippen molar-refractivity contribution in [3.8, 4) is 0 Å². The van der Waals surface area contributed by atoms with Crippen LogP contribution in [-0.4, -0.2) is 82.3 Å². The molecule has 83 heavy (non-hydrogen) atoms. The predicted molar refractivity (Wildman–Crippen MR) is 352 cm³/mol. The van der Waals surface area contributed by atoms with Crippen LogP contribution in [0.1, 0.15) is 271 Å². The summed E-state index contributed by atoms with van der Waals surface area (Å²) in [6.45, 7) is 4.63. The van der Waals surface area contributed by atoms with Crippen molar-refractivity contribution in [1.29, 1.82) is 0 Å². The molecule has 2 unspecified atom stereocenters. The van der Waals surface area contributed by atoms with Gasteiger partial charge in [0.15, 0.2) is 12.4 Å². The van der Waals surface area contributed by atoms with Crippen molar-refractivity contribution < 1.29 is 42.9 Å². The molecule has 0 rings (SSSR count). The molecule has 0 aromatic carbocycles. The SMILES string of the molecule is CC/C=C\C/C=C\C/C=C\C/C=C\C/C=C\C/C=C\C/C=C\C/C=C\C/C=C\CCCCCCCCCCCC(=O)OC(COC(=O)CCCCCCCCCCC/C=C\CCCCCCCCCC)COC(OCC[N+](C)(C)C)C(=O)[O-]. The Morgan fingerprint density at radius 1 is 0.373 bits per heavy atom. The molecule has 0 bridgehead atoms. The van der Waals surface area contributed by atoms with Gasteiger partial charge in [-0.05, 0) is 109 Å². The topological polar surface area (TPSA) is 111 Å². The molecule has 0 saturated carbocycles. The summed E-state index contributed by atoms with van der Waals surface area (Å²) in [5.74, 6) is -2.30. The minimum absolute atomic E-state index is 0.141. The van der Waals surface area contributed by atoms with Crippen LogP contribution in [0, 0.1) is 0 Å². The number of unbranched alkanes of at least 4 members (excludes halogenated alkanes) is 26. The molecule has 0 aliphatic heterocycles. The second-order valence-electron chi connectivity index (χ2n) is 23.4. The van der Waals surface area contributed by atoms with Crippen LogP contribution in [-0.2, 0) is 33.3 Å². The fraction of sp³-hybridized carbons (Fsp3) is 0.689. The molecule has 9 nitrogen and oxygen atoms in total. The van der Waals surface area contributed by atoms with Gasteiger partial charge in [-0.2, -0.15) is 0 Å². The zero-order valence-electron chi connectivity index (χ0n) is 54.0. The molecule has 0 amide bonds. The maximum Gasteiger partial charge on any atom is 0.306 e. The van der Waals surface area contributed by atoms with Crippen molar-refractivity contribution in [3.05, 3.63) is 122 Å². The number of esters is 2. The van der Waals surface area contributed by atoms with Crippen molar-refractivity contribution in [2.75, 3.05) is 47.5 Å². The Morgan fingerprint density at radius 3 is 1.04 bits per heavy atom. The largest absolute Gasteiger partial charge is 0.545 e. The van der Waals surface area contributed by atoms with E-state index in [1.165, 1.54) is 135 Å². The van der Waals surface area contributed by atoms with Crippen LogP contribution < -0.4 is 5.11 Å². The van der Waals surface area contributed by atoms with Gasteiger partial charge >= 0.3 is 11.9 Å². The number of quaternary nitrogens is 1. The standard InChI is InChI=1S/C74H125NO8/c1-6-8-10-12-14-16-18-20-22-24-26-28-29-30-31-32-33-34-35-36-37-38-39-40-41-42-43-45-47-49-51-53-55-57-59-61-63-65-72(77)83-70(69-82-74(73(78)79)80-67-66-75(3,4)5)68-81-71(76)64-62-60-58-56-54-52-50-48-46-44-27-25-23-21-19-17-15-13-11-9-7-2/h8,10,14,16,20,22,25-28,30-31,33-34,36-37,39-40,42-43,70,74H,6-7,9,11-13,15,17-19,21,23-24,29,32,35,38,41,44-69H2,1-5H3/b10-8-,16-14-,22-20-,27-25-,28-26-,31-30-,34-33-,37-36-,40-39-,43-42-. The molecule has 0 aliphatic carbocycles. The number of hydrogen-bond donors (Lipinski definition) is 0. The third kappa shape index (κ3) is 65.1. The Balaban J connectivity index is 4.19. The minimum Gasteiger partial charge on any atom is -0.545 e. The first-order chi connectivity index (χ1) is 40.6. The van der Waals surface area contributed by atoms with Crippen molar-refractivity contribution in [2.45, 2.75) is 283 Å². The normalized spacial score (nSPS) is 13.5. The van der Waals surface area contributed by atoms with E-state index in [2.05, 4.69) is 135 Å². The van der Waals surface area contributed by atoms with E-state index >= 15 is 0 Å². The molecule has 474 valence electrons. The monoisotopic (exact) mass is 1160 g/mol. The number of carboxylic acids is 1. The maximum absolute atomic E-state index is 12.9. The van der Waals surface area contributed by atoms with E-state index in [0.717, 1.165) is 103 Å². The molecule has 0 saturated heterocycles. The number of hydrogen-bond acceptors (Lipinski definition) is 8.